The van der Waals surface area contributed by atoms with Crippen LogP contribution in [0.15, 0.2) is 72.8 Å². The van der Waals surface area contributed by atoms with Crippen LogP contribution in [0.4, 0.5) is 0 Å². The predicted octanol–water partition coefficient (Wildman–Crippen LogP) is 9.28. The Bertz CT molecular complexity index is 1820. The van der Waals surface area contributed by atoms with Gasteiger partial charge in [0, 0.05) is 35.1 Å². The van der Waals surface area contributed by atoms with Crippen LogP contribution >= 0.6 is 0 Å². The van der Waals surface area contributed by atoms with Gasteiger partial charge in [0.2, 0.25) is 0 Å². The molecule has 0 N–H and O–H groups in total. The van der Waals surface area contributed by atoms with Crippen LogP contribution in [0.5, 0.6) is 11.5 Å². The third-order valence-corrected chi connectivity index (χ3v) is 8.87. The smallest absolute Gasteiger partial charge is 0.129 e. The minimum Gasteiger partial charge on any atom is -0.496 e. The molecule has 0 unspecified atom stereocenters. The molecule has 4 aromatic rings. The fourth-order valence-corrected chi connectivity index (χ4v) is 5.81. The Balaban J connectivity index is 1.52. The van der Waals surface area contributed by atoms with Crippen LogP contribution in [-0.2, 0) is 12.8 Å². The molecule has 0 bridgehead atoms. The number of fused-ring (bicyclic) bond motifs is 1. The highest BCUT2D eigenvalue weighted by atomic mass is 28.3. The van der Waals surface area contributed by atoms with Crippen molar-refractivity contribution in [3.8, 4) is 58.1 Å². The number of hydrogen-bond acceptors (Lipinski definition) is 2. The van der Waals surface area contributed by atoms with Crippen molar-refractivity contribution < 1.29 is 9.47 Å². The van der Waals surface area contributed by atoms with Crippen molar-refractivity contribution in [2.75, 3.05) is 14.2 Å². The third kappa shape index (κ3) is 10.2. The fraction of sp³-hybridized carbons (Fsp3) is 0.286. The minimum absolute atomic E-state index is 0.722. The van der Waals surface area contributed by atoms with Gasteiger partial charge in [0.15, 0.2) is 0 Å². The third-order valence-electron chi connectivity index (χ3n) is 7.12. The number of benzene rings is 4. The van der Waals surface area contributed by atoms with Crippen molar-refractivity contribution in [2.45, 2.75) is 65.0 Å². The first-order valence-corrected chi connectivity index (χ1v) is 22.9. The zero-order chi connectivity index (χ0) is 33.2. The van der Waals surface area contributed by atoms with Crippen LogP contribution in [0.25, 0.3) is 10.8 Å². The van der Waals surface area contributed by atoms with Gasteiger partial charge >= 0.3 is 0 Å². The van der Waals surface area contributed by atoms with Crippen molar-refractivity contribution in [3.63, 3.8) is 0 Å². The molecule has 0 spiro atoms. The Labute approximate surface area is 279 Å². The maximum Gasteiger partial charge on any atom is 0.129 e. The largest absolute Gasteiger partial charge is 0.496 e. The molecule has 0 atom stereocenters. The number of aryl methyl sites for hydroxylation is 2. The molecular formula is C42H44O2Si2. The lowest BCUT2D eigenvalue weighted by molar-refractivity contribution is 0.408. The lowest BCUT2D eigenvalue weighted by atomic mass is 9.98. The number of ether oxygens (including phenoxy) is 2. The van der Waals surface area contributed by atoms with Gasteiger partial charge in [0.25, 0.3) is 0 Å². The first-order chi connectivity index (χ1) is 22.0. The van der Waals surface area contributed by atoms with Crippen molar-refractivity contribution >= 4 is 26.9 Å². The maximum atomic E-state index is 5.79. The van der Waals surface area contributed by atoms with Crippen LogP contribution < -0.4 is 9.47 Å². The molecule has 0 aliphatic rings. The highest BCUT2D eigenvalue weighted by Crippen LogP contribution is 2.32. The molecule has 0 heterocycles. The fourth-order valence-electron chi connectivity index (χ4n) is 4.79. The molecule has 0 aliphatic carbocycles. The monoisotopic (exact) mass is 636 g/mol. The topological polar surface area (TPSA) is 18.5 Å². The van der Waals surface area contributed by atoms with Crippen molar-refractivity contribution in [3.05, 3.63) is 106 Å². The quantitative estimate of drug-likeness (QED) is 0.155. The molecular weight excluding hydrogens is 593 g/mol. The Kier molecular flexibility index (Phi) is 11.6. The SMILES string of the molecule is COc1cc2cc(OC)c(CCC#Cc3ccccc3C#C[Si](C)(C)C)cc2cc1CCC#Cc1ccccc1C#C[Si](C)(C)C. The van der Waals surface area contributed by atoms with Gasteiger partial charge in [-0.25, -0.2) is 0 Å². The molecule has 0 aliphatic heterocycles. The van der Waals surface area contributed by atoms with E-state index in [0.717, 1.165) is 81.3 Å². The van der Waals surface area contributed by atoms with Crippen LogP contribution in [-0.4, -0.2) is 30.4 Å². The molecule has 4 rings (SSSR count). The molecule has 0 fully saturated rings. The summed E-state index contributed by atoms with van der Waals surface area (Å²) >= 11 is 0. The van der Waals surface area contributed by atoms with Gasteiger partial charge in [-0.05, 0) is 83.3 Å². The Hall–Kier alpha value is -4.59. The Morgan fingerprint density at radius 2 is 0.848 bits per heavy atom. The molecule has 2 nitrogen and oxygen atoms in total. The second-order valence-electron chi connectivity index (χ2n) is 13.4. The average Bonchev–Trinajstić information content (AvgIpc) is 3.02. The summed E-state index contributed by atoms with van der Waals surface area (Å²) in [5, 5.41) is 2.25. The van der Waals surface area contributed by atoms with Gasteiger partial charge < -0.3 is 9.47 Å². The Morgan fingerprint density at radius 1 is 0.500 bits per heavy atom. The normalized spacial score (nSPS) is 10.7. The van der Waals surface area contributed by atoms with Crippen molar-refractivity contribution in [2.24, 2.45) is 0 Å². The molecule has 0 amide bonds. The molecule has 46 heavy (non-hydrogen) atoms. The highest BCUT2D eigenvalue weighted by molar-refractivity contribution is 6.84. The van der Waals surface area contributed by atoms with Crippen LogP contribution in [0.1, 0.15) is 46.2 Å². The highest BCUT2D eigenvalue weighted by Gasteiger charge is 2.11. The summed E-state index contributed by atoms with van der Waals surface area (Å²) in [6.45, 7) is 13.5. The van der Waals surface area contributed by atoms with Crippen LogP contribution in [0.2, 0.25) is 39.3 Å². The van der Waals surface area contributed by atoms with E-state index < -0.39 is 16.1 Å². The summed E-state index contributed by atoms with van der Waals surface area (Å²) in [7, 11) is 0.522. The molecule has 232 valence electrons. The zero-order valence-electron chi connectivity index (χ0n) is 28.6. The van der Waals surface area contributed by atoms with Crippen molar-refractivity contribution in [1.82, 2.24) is 0 Å². The number of rotatable bonds is 6. The molecule has 0 radical (unpaired) electrons. The molecule has 4 heteroatoms. The van der Waals surface area contributed by atoms with E-state index in [4.69, 9.17) is 9.47 Å². The second-order valence-corrected chi connectivity index (χ2v) is 22.9. The summed E-state index contributed by atoms with van der Waals surface area (Å²) in [6.07, 6.45) is 3.03. The van der Waals surface area contributed by atoms with Gasteiger partial charge in [-0.15, -0.1) is 11.1 Å². The van der Waals surface area contributed by atoms with E-state index in [-0.39, 0.29) is 0 Å². The van der Waals surface area contributed by atoms with Gasteiger partial charge in [-0.2, -0.15) is 0 Å². The van der Waals surface area contributed by atoms with E-state index >= 15 is 0 Å². The van der Waals surface area contributed by atoms with Crippen LogP contribution in [0, 0.1) is 46.6 Å². The molecule has 0 aromatic heterocycles. The number of methoxy groups -OCH3 is 2. The van der Waals surface area contributed by atoms with Gasteiger partial charge in [-0.1, -0.05) is 99.1 Å². The summed E-state index contributed by atoms with van der Waals surface area (Å²) in [5.41, 5.74) is 13.2. The zero-order valence-corrected chi connectivity index (χ0v) is 30.6. The minimum atomic E-state index is -1.46. The molecule has 0 saturated carbocycles. The summed E-state index contributed by atoms with van der Waals surface area (Å²) in [6, 6.07) is 25.0. The first-order valence-electron chi connectivity index (χ1n) is 15.9. The standard InChI is InChI=1S/C42H44O2Si2/c1-43-41-31-40-32-42(44-2)38(24-16-14-20-34-18-10-12-22-36(34)26-28-46(6,7)8)30-39(40)29-37(41)23-15-13-19-33-17-9-11-21-35(33)25-27-45(3,4)5/h9-12,17-18,21-22,29-32H,15-16,23-24H2,1-8H3. The number of hydrogen-bond donors (Lipinski definition) is 0. The van der Waals surface area contributed by atoms with E-state index in [1.54, 1.807) is 14.2 Å². The van der Waals surface area contributed by atoms with Gasteiger partial charge in [0.05, 0.1) is 14.2 Å². The van der Waals surface area contributed by atoms with Crippen molar-refractivity contribution in [1.29, 1.82) is 0 Å². The second kappa shape index (κ2) is 15.6. The molecule has 0 saturated heterocycles. The average molecular weight is 637 g/mol. The summed E-state index contributed by atoms with van der Waals surface area (Å²) in [4.78, 5) is 0. The van der Waals surface area contributed by atoms with E-state index in [0.29, 0.717) is 0 Å². The lowest BCUT2D eigenvalue weighted by Crippen LogP contribution is -2.16. The van der Waals surface area contributed by atoms with E-state index in [2.05, 4.69) is 134 Å². The van der Waals surface area contributed by atoms with E-state index in [9.17, 15) is 0 Å². The van der Waals surface area contributed by atoms with Crippen LogP contribution in [0.3, 0.4) is 0 Å². The first kappa shape index (κ1) is 34.3. The van der Waals surface area contributed by atoms with E-state index in [1.807, 2.05) is 24.3 Å². The van der Waals surface area contributed by atoms with Gasteiger partial charge in [0.1, 0.15) is 27.6 Å². The summed E-state index contributed by atoms with van der Waals surface area (Å²) in [5.74, 6) is 22.0. The lowest BCUT2D eigenvalue weighted by Gasteiger charge is -2.13. The van der Waals surface area contributed by atoms with E-state index in [1.165, 1.54) is 0 Å². The predicted molar refractivity (Wildman–Crippen MR) is 201 cm³/mol. The maximum absolute atomic E-state index is 5.79. The molecule has 4 aromatic carbocycles. The van der Waals surface area contributed by atoms with Gasteiger partial charge in [-0.3, -0.25) is 0 Å². The Morgan fingerprint density at radius 3 is 1.20 bits per heavy atom. The summed E-state index contributed by atoms with van der Waals surface area (Å²) < 4.78 is 11.6.